The monoisotopic (exact) mass is 478 g/mol. The number of halogens is 3. The fourth-order valence-electron chi connectivity index (χ4n) is 3.69. The maximum Gasteiger partial charge on any atom is 4.00 e. The summed E-state index contributed by atoms with van der Waals surface area (Å²) in [6.07, 6.45) is 11.6. The van der Waals surface area contributed by atoms with E-state index in [4.69, 9.17) is 0 Å². The molecular formula is C22H33Cl3SiTi. The Morgan fingerprint density at radius 2 is 1.59 bits per heavy atom. The molecule has 1 aliphatic rings. The Morgan fingerprint density at radius 3 is 2.11 bits per heavy atom. The summed E-state index contributed by atoms with van der Waals surface area (Å²) in [5.41, 5.74) is 6.09. The Balaban J connectivity index is -0.00000144. The first-order valence-electron chi connectivity index (χ1n) is 9.44. The van der Waals surface area contributed by atoms with Crippen molar-refractivity contribution in [1.82, 2.24) is 0 Å². The van der Waals surface area contributed by atoms with Crippen molar-refractivity contribution in [2.45, 2.75) is 73.1 Å². The predicted octanol–water partition coefficient (Wildman–Crippen LogP) is -3.88. The Morgan fingerprint density at radius 1 is 1.00 bits per heavy atom. The zero-order valence-corrected chi connectivity index (χ0v) is 22.6. The normalized spacial score (nSPS) is 14.0. The molecular weight excluding hydrogens is 447 g/mol. The van der Waals surface area contributed by atoms with E-state index < -0.39 is 0 Å². The van der Waals surface area contributed by atoms with Crippen LogP contribution in [0.25, 0.3) is 0 Å². The number of hydrogen-bond donors (Lipinski definition) is 0. The van der Waals surface area contributed by atoms with Gasteiger partial charge in [-0.15, -0.1) is 0 Å². The van der Waals surface area contributed by atoms with Crippen LogP contribution in [0.15, 0.2) is 34.5 Å². The van der Waals surface area contributed by atoms with Gasteiger partial charge in [-0.3, -0.25) is 6.08 Å². The van der Waals surface area contributed by atoms with Crippen LogP contribution in [-0.4, -0.2) is 9.52 Å². The van der Waals surface area contributed by atoms with Crippen molar-refractivity contribution in [2.75, 3.05) is 0 Å². The van der Waals surface area contributed by atoms with Crippen molar-refractivity contribution in [3.8, 4) is 0 Å². The van der Waals surface area contributed by atoms with Gasteiger partial charge in [0, 0.05) is 0 Å². The summed E-state index contributed by atoms with van der Waals surface area (Å²) in [4.78, 5) is 0. The SMILES string of the molecule is CCCCCC1=C(C(C)CC)[C-]=C([SiH2]c2cc(C)cc(C)c2)C1.[Cl-].[Cl-].[Cl-].[Ti+4]. The van der Waals surface area contributed by atoms with Gasteiger partial charge >= 0.3 is 21.7 Å². The molecule has 0 fully saturated rings. The van der Waals surface area contributed by atoms with Crippen LogP contribution >= 0.6 is 0 Å². The minimum Gasteiger partial charge on any atom is -1.00 e. The molecule has 5 heteroatoms. The number of unbranched alkanes of at least 4 members (excludes halogenated alkanes) is 2. The largest absolute Gasteiger partial charge is 4.00 e. The zero-order chi connectivity index (χ0) is 16.8. The van der Waals surface area contributed by atoms with Gasteiger partial charge in [-0.2, -0.15) is 5.20 Å². The molecule has 0 bridgehead atoms. The summed E-state index contributed by atoms with van der Waals surface area (Å²) < 4.78 is 0. The Labute approximate surface area is 203 Å². The second-order valence-electron chi connectivity index (χ2n) is 7.36. The van der Waals surface area contributed by atoms with Gasteiger partial charge in [0.25, 0.3) is 0 Å². The van der Waals surface area contributed by atoms with E-state index in [0.717, 1.165) is 0 Å². The van der Waals surface area contributed by atoms with E-state index in [-0.39, 0.29) is 68.5 Å². The van der Waals surface area contributed by atoms with E-state index in [2.05, 4.69) is 58.9 Å². The molecule has 0 aliphatic heterocycles. The van der Waals surface area contributed by atoms with E-state index in [1.54, 1.807) is 21.5 Å². The van der Waals surface area contributed by atoms with Crippen LogP contribution in [-0.2, 0) is 21.7 Å². The van der Waals surface area contributed by atoms with Crippen molar-refractivity contribution in [3.05, 3.63) is 51.7 Å². The molecule has 0 saturated carbocycles. The molecule has 2 rings (SSSR count). The number of allylic oxidation sites excluding steroid dienone is 4. The van der Waals surface area contributed by atoms with Gasteiger partial charge in [-0.1, -0.05) is 99.7 Å². The standard InChI is InChI=1S/C22H33Si.3ClH.Ti/c1-6-8-9-10-19-14-21(15-22(19)18(5)7-2)23-20-12-16(3)11-17(4)13-20;;;;/h11-13,18H,6-10,14,23H2,1-5H3;3*1H;/q-1;;;;+4/p-3. The van der Waals surface area contributed by atoms with Crippen LogP contribution in [0.3, 0.4) is 0 Å². The Hall–Kier alpha value is 0.501. The van der Waals surface area contributed by atoms with Crippen molar-refractivity contribution in [1.29, 1.82) is 0 Å². The van der Waals surface area contributed by atoms with Crippen LogP contribution in [0.2, 0.25) is 0 Å². The molecule has 0 radical (unpaired) electrons. The fraction of sp³-hybridized carbons (Fsp3) is 0.545. The number of aryl methyl sites for hydroxylation is 2. The molecule has 27 heavy (non-hydrogen) atoms. The van der Waals surface area contributed by atoms with E-state index in [9.17, 15) is 0 Å². The first-order chi connectivity index (χ1) is 11.0. The third kappa shape index (κ3) is 10.2. The molecule has 1 aliphatic carbocycles. The van der Waals surface area contributed by atoms with Gasteiger partial charge in [-0.25, -0.2) is 11.1 Å². The molecule has 1 unspecified atom stereocenters. The van der Waals surface area contributed by atoms with Crippen molar-refractivity contribution in [3.63, 3.8) is 0 Å². The van der Waals surface area contributed by atoms with Crippen molar-refractivity contribution in [2.24, 2.45) is 5.92 Å². The second-order valence-corrected chi connectivity index (χ2v) is 9.39. The maximum absolute atomic E-state index is 3.86. The van der Waals surface area contributed by atoms with Gasteiger partial charge < -0.3 is 37.2 Å². The van der Waals surface area contributed by atoms with Gasteiger partial charge in [-0.05, 0) is 13.8 Å². The molecule has 150 valence electrons. The summed E-state index contributed by atoms with van der Waals surface area (Å²) in [6.45, 7) is 11.4. The third-order valence-electron chi connectivity index (χ3n) is 5.01. The molecule has 0 aromatic heterocycles. The Bertz CT molecular complexity index is 591. The second kappa shape index (κ2) is 16.3. The minimum atomic E-state index is -0.346. The Kier molecular flexibility index (Phi) is 19.4. The smallest absolute Gasteiger partial charge is 1.00 e. The summed E-state index contributed by atoms with van der Waals surface area (Å²) in [5, 5.41) is 3.22. The molecule has 0 saturated heterocycles. The minimum absolute atomic E-state index is 0. The van der Waals surface area contributed by atoms with Crippen LogP contribution in [0.5, 0.6) is 0 Å². The first-order valence-corrected chi connectivity index (χ1v) is 10.9. The van der Waals surface area contributed by atoms with Crippen LogP contribution < -0.4 is 42.4 Å². The average molecular weight is 480 g/mol. The number of benzene rings is 1. The summed E-state index contributed by atoms with van der Waals surface area (Å²) in [6, 6.07) is 7.07. The van der Waals surface area contributed by atoms with Crippen molar-refractivity contribution >= 4 is 14.7 Å². The van der Waals surface area contributed by atoms with E-state index in [0.29, 0.717) is 5.92 Å². The third-order valence-corrected chi connectivity index (χ3v) is 6.68. The molecule has 1 aromatic carbocycles. The van der Waals surface area contributed by atoms with Gasteiger partial charge in [0.05, 0.1) is 9.52 Å². The van der Waals surface area contributed by atoms with Crippen molar-refractivity contribution < 1.29 is 58.9 Å². The molecule has 0 nitrogen and oxygen atoms in total. The molecule has 1 aromatic rings. The van der Waals surface area contributed by atoms with Crippen LogP contribution in [0, 0.1) is 25.8 Å². The fourth-order valence-corrected chi connectivity index (χ4v) is 5.73. The molecule has 1 atom stereocenters. The average Bonchev–Trinajstić information content (AvgIpc) is 2.88. The number of hydrogen-bond acceptors (Lipinski definition) is 0. The van der Waals surface area contributed by atoms with Gasteiger partial charge in [0.2, 0.25) is 0 Å². The maximum atomic E-state index is 3.86. The van der Waals surface area contributed by atoms with E-state index >= 15 is 0 Å². The van der Waals surface area contributed by atoms with Crippen LogP contribution in [0.4, 0.5) is 0 Å². The summed E-state index contributed by atoms with van der Waals surface area (Å²) in [7, 11) is -0.346. The van der Waals surface area contributed by atoms with E-state index in [1.165, 1.54) is 49.7 Å². The summed E-state index contributed by atoms with van der Waals surface area (Å²) in [5.74, 6) is 0.678. The number of rotatable bonds is 8. The molecule has 0 spiro atoms. The molecule has 0 N–H and O–H groups in total. The zero-order valence-electron chi connectivity index (χ0n) is 17.4. The molecule has 0 heterocycles. The predicted molar refractivity (Wildman–Crippen MR) is 106 cm³/mol. The molecule has 0 amide bonds. The quantitative estimate of drug-likeness (QED) is 0.203. The van der Waals surface area contributed by atoms with Crippen LogP contribution in [0.1, 0.15) is 70.4 Å². The van der Waals surface area contributed by atoms with Gasteiger partial charge in [0.1, 0.15) is 0 Å². The topological polar surface area (TPSA) is 0 Å². The van der Waals surface area contributed by atoms with E-state index in [1.807, 2.05) is 0 Å². The first kappa shape index (κ1) is 32.2. The van der Waals surface area contributed by atoms with Gasteiger partial charge in [0.15, 0.2) is 0 Å². The summed E-state index contributed by atoms with van der Waals surface area (Å²) >= 11 is 0.